The molecule has 3 heteroatoms. The Balaban J connectivity index is -0.000000252. The van der Waals surface area contributed by atoms with E-state index in [0.29, 0.717) is 11.8 Å². The van der Waals surface area contributed by atoms with Crippen molar-refractivity contribution in [3.05, 3.63) is 46.1 Å². The van der Waals surface area contributed by atoms with Crippen molar-refractivity contribution in [2.24, 2.45) is 11.8 Å². The normalized spacial score (nSPS) is 23.2. The van der Waals surface area contributed by atoms with Crippen molar-refractivity contribution < 1.29 is 51.0 Å². The van der Waals surface area contributed by atoms with E-state index in [9.17, 15) is 0 Å². The van der Waals surface area contributed by atoms with Crippen molar-refractivity contribution in [3.8, 4) is 0 Å². The van der Waals surface area contributed by atoms with E-state index in [-0.39, 0.29) is 51.0 Å². The van der Waals surface area contributed by atoms with E-state index < -0.39 is 0 Å². The third-order valence-electron chi connectivity index (χ3n) is 3.77. The summed E-state index contributed by atoms with van der Waals surface area (Å²) in [6.07, 6.45) is 8.88. The second-order valence-electron chi connectivity index (χ2n) is 5.21. The standard InChI is InChI=1S/C9H13.C8H11.2ClH.Zr/c1-6-5-7(2)9(4)8(6)3;1-6-4-7(2)8(3)5-6;;;/h6H,1-4H3;4,6H,1-3H3;2*1H;/q2*-1;;;+4/p-2. The van der Waals surface area contributed by atoms with Gasteiger partial charge in [0.05, 0.1) is 0 Å². The Morgan fingerprint density at radius 2 is 1.35 bits per heavy atom. The van der Waals surface area contributed by atoms with Gasteiger partial charge in [0.25, 0.3) is 0 Å². The molecule has 110 valence electrons. The van der Waals surface area contributed by atoms with Crippen LogP contribution in [0.1, 0.15) is 48.5 Å². The second kappa shape index (κ2) is 11.1. The van der Waals surface area contributed by atoms with Crippen molar-refractivity contribution in [2.75, 3.05) is 0 Å². The third kappa shape index (κ3) is 6.92. The second-order valence-corrected chi connectivity index (χ2v) is 5.21. The quantitative estimate of drug-likeness (QED) is 0.469. The van der Waals surface area contributed by atoms with E-state index in [1.165, 1.54) is 27.9 Å². The Hall–Kier alpha value is 0.423. The Bertz CT molecular complexity index is 410. The minimum Gasteiger partial charge on any atom is -1.00 e. The molecule has 0 spiro atoms. The van der Waals surface area contributed by atoms with Crippen LogP contribution in [-0.2, 0) is 26.2 Å². The Labute approximate surface area is 156 Å². The van der Waals surface area contributed by atoms with Gasteiger partial charge in [-0.15, -0.1) is 13.8 Å². The molecule has 0 nitrogen and oxygen atoms in total. The van der Waals surface area contributed by atoms with E-state index in [2.05, 4.69) is 66.7 Å². The minimum atomic E-state index is 0. The fourth-order valence-electron chi connectivity index (χ4n) is 2.16. The van der Waals surface area contributed by atoms with E-state index in [1.54, 1.807) is 0 Å². The van der Waals surface area contributed by atoms with Gasteiger partial charge >= 0.3 is 26.2 Å². The number of allylic oxidation sites excluding steroid dienone is 8. The molecule has 0 amide bonds. The molecule has 2 aliphatic carbocycles. The Morgan fingerprint density at radius 1 is 0.850 bits per heavy atom. The first-order valence-electron chi connectivity index (χ1n) is 6.39. The van der Waals surface area contributed by atoms with Gasteiger partial charge < -0.3 is 24.8 Å². The topological polar surface area (TPSA) is 0 Å². The van der Waals surface area contributed by atoms with E-state index >= 15 is 0 Å². The smallest absolute Gasteiger partial charge is 1.00 e. The molecular formula is C17H24Cl2Zr. The minimum absolute atomic E-state index is 0. The molecule has 0 bridgehead atoms. The zero-order valence-corrected chi connectivity index (χ0v) is 17.5. The molecule has 2 aliphatic rings. The summed E-state index contributed by atoms with van der Waals surface area (Å²) in [6, 6.07) is 0. The predicted molar refractivity (Wildman–Crippen MR) is 75.3 cm³/mol. The number of hydrogen-bond acceptors (Lipinski definition) is 0. The summed E-state index contributed by atoms with van der Waals surface area (Å²) in [7, 11) is 0. The number of halogens is 2. The molecule has 0 aliphatic heterocycles. The van der Waals surface area contributed by atoms with E-state index in [0.717, 1.165) is 0 Å². The van der Waals surface area contributed by atoms with Crippen molar-refractivity contribution >= 4 is 0 Å². The molecule has 0 saturated heterocycles. The average molecular weight is 391 g/mol. The molecular weight excluding hydrogens is 366 g/mol. The molecule has 0 aromatic rings. The maximum Gasteiger partial charge on any atom is 4.00 e. The van der Waals surface area contributed by atoms with E-state index in [1.807, 2.05) is 0 Å². The summed E-state index contributed by atoms with van der Waals surface area (Å²) >= 11 is 0. The largest absolute Gasteiger partial charge is 4.00 e. The molecule has 0 heterocycles. The van der Waals surface area contributed by atoms with Gasteiger partial charge in [0.1, 0.15) is 0 Å². The van der Waals surface area contributed by atoms with Gasteiger partial charge in [-0.2, -0.15) is 17.2 Å². The Morgan fingerprint density at radius 3 is 1.45 bits per heavy atom. The molecule has 0 fully saturated rings. The van der Waals surface area contributed by atoms with Gasteiger partial charge in [0, 0.05) is 0 Å². The first-order valence-corrected chi connectivity index (χ1v) is 6.39. The van der Waals surface area contributed by atoms with Crippen molar-refractivity contribution in [1.82, 2.24) is 0 Å². The summed E-state index contributed by atoms with van der Waals surface area (Å²) < 4.78 is 0. The van der Waals surface area contributed by atoms with Gasteiger partial charge in [0.15, 0.2) is 0 Å². The molecule has 0 aromatic heterocycles. The number of rotatable bonds is 0. The maximum absolute atomic E-state index is 3.36. The molecule has 0 radical (unpaired) electrons. The zero-order valence-electron chi connectivity index (χ0n) is 13.5. The van der Waals surface area contributed by atoms with Crippen LogP contribution in [0.5, 0.6) is 0 Å². The van der Waals surface area contributed by atoms with Crippen LogP contribution in [-0.4, -0.2) is 0 Å². The third-order valence-corrected chi connectivity index (χ3v) is 3.77. The van der Waals surface area contributed by atoms with Crippen LogP contribution in [0.3, 0.4) is 0 Å². The summed E-state index contributed by atoms with van der Waals surface area (Å²) in [5.74, 6) is 1.11. The molecule has 0 aromatic carbocycles. The first-order chi connectivity index (χ1) is 7.82. The molecule has 2 rings (SSSR count). The van der Waals surface area contributed by atoms with Crippen molar-refractivity contribution in [3.63, 3.8) is 0 Å². The Kier molecular flexibility index (Phi) is 14.0. The van der Waals surface area contributed by atoms with Gasteiger partial charge in [-0.25, -0.2) is 16.7 Å². The number of hydrogen-bond donors (Lipinski definition) is 0. The SMILES string of the molecule is CC1=[C-]C(C)C(C)=C1C.CC1=[C-]C(C)C=C1C.[Cl-].[Cl-].[Zr+4]. The monoisotopic (exact) mass is 388 g/mol. The van der Waals surface area contributed by atoms with Crippen LogP contribution in [0.25, 0.3) is 0 Å². The molecule has 2 atom stereocenters. The van der Waals surface area contributed by atoms with Crippen LogP contribution in [0.4, 0.5) is 0 Å². The molecule has 0 saturated carbocycles. The van der Waals surface area contributed by atoms with Crippen molar-refractivity contribution in [1.29, 1.82) is 0 Å². The molecule has 2 unspecified atom stereocenters. The fourth-order valence-corrected chi connectivity index (χ4v) is 2.16. The van der Waals surface area contributed by atoms with Gasteiger partial charge in [-0.3, -0.25) is 12.2 Å². The molecule has 20 heavy (non-hydrogen) atoms. The van der Waals surface area contributed by atoms with Gasteiger partial charge in [0.2, 0.25) is 0 Å². The van der Waals surface area contributed by atoms with Gasteiger partial charge in [-0.05, 0) is 0 Å². The summed E-state index contributed by atoms with van der Waals surface area (Å²) in [5.41, 5.74) is 6.95. The molecule has 0 N–H and O–H groups in total. The first kappa shape index (κ1) is 25.4. The summed E-state index contributed by atoms with van der Waals surface area (Å²) in [6.45, 7) is 15.1. The van der Waals surface area contributed by atoms with Crippen LogP contribution in [0.2, 0.25) is 0 Å². The zero-order chi connectivity index (χ0) is 13.2. The van der Waals surface area contributed by atoms with Crippen molar-refractivity contribution in [2.45, 2.75) is 48.5 Å². The maximum atomic E-state index is 3.36. The predicted octanol–water partition coefficient (Wildman–Crippen LogP) is -0.941. The van der Waals surface area contributed by atoms with Crippen LogP contribution < -0.4 is 24.8 Å². The fraction of sp³-hybridized carbons (Fsp3) is 0.529. The van der Waals surface area contributed by atoms with Crippen LogP contribution in [0, 0.1) is 24.0 Å². The van der Waals surface area contributed by atoms with Crippen LogP contribution in [0.15, 0.2) is 33.9 Å². The average Bonchev–Trinajstić information content (AvgIpc) is 2.64. The van der Waals surface area contributed by atoms with Crippen LogP contribution >= 0.6 is 0 Å². The van der Waals surface area contributed by atoms with E-state index in [4.69, 9.17) is 0 Å². The summed E-state index contributed by atoms with van der Waals surface area (Å²) in [5, 5.41) is 0. The van der Waals surface area contributed by atoms with Gasteiger partial charge in [-0.1, -0.05) is 46.5 Å². The summed E-state index contributed by atoms with van der Waals surface area (Å²) in [4.78, 5) is 0.